The molecule has 1 heterocycles. The average molecular weight is 587 g/mol. The van der Waals surface area contributed by atoms with E-state index in [2.05, 4.69) is 5.32 Å². The largest absolute Gasteiger partial charge is 0.497 e. The highest BCUT2D eigenvalue weighted by molar-refractivity contribution is 7.80. The van der Waals surface area contributed by atoms with Gasteiger partial charge in [0.1, 0.15) is 17.5 Å². The molecule has 1 N–H and O–H groups in total. The van der Waals surface area contributed by atoms with Gasteiger partial charge in [-0.2, -0.15) is 0 Å². The van der Waals surface area contributed by atoms with Crippen LogP contribution in [0.3, 0.4) is 0 Å². The maximum atomic E-state index is 13.7. The van der Waals surface area contributed by atoms with Gasteiger partial charge in [0, 0.05) is 22.3 Å². The van der Waals surface area contributed by atoms with Gasteiger partial charge in [0.15, 0.2) is 5.11 Å². The molecule has 0 aliphatic carbocycles. The van der Waals surface area contributed by atoms with Crippen LogP contribution in [0.2, 0.25) is 10.0 Å². The quantitative estimate of drug-likeness (QED) is 0.264. The van der Waals surface area contributed by atoms with Crippen molar-refractivity contribution in [3.8, 4) is 11.5 Å². The maximum absolute atomic E-state index is 13.7. The van der Waals surface area contributed by atoms with E-state index in [1.807, 2.05) is 13.0 Å². The lowest BCUT2D eigenvalue weighted by atomic mass is 10.1. The minimum atomic E-state index is -0.780. The first-order valence-corrected chi connectivity index (χ1v) is 13.7. The highest BCUT2D eigenvalue weighted by Gasteiger charge is 2.44. The summed E-state index contributed by atoms with van der Waals surface area (Å²) in [6.07, 6.45) is 1.34. The van der Waals surface area contributed by atoms with Gasteiger partial charge in [0.25, 0.3) is 5.91 Å². The minimum Gasteiger partial charge on any atom is -0.497 e. The van der Waals surface area contributed by atoms with Crippen molar-refractivity contribution < 1.29 is 19.1 Å². The van der Waals surface area contributed by atoms with Gasteiger partial charge in [0.2, 0.25) is 5.91 Å². The minimum absolute atomic E-state index is 0.0753. The topological polar surface area (TPSA) is 71.1 Å². The first-order valence-electron chi connectivity index (χ1n) is 12.6. The first-order chi connectivity index (χ1) is 18.8. The van der Waals surface area contributed by atoms with E-state index < -0.39 is 6.04 Å². The summed E-state index contributed by atoms with van der Waals surface area (Å²) in [4.78, 5) is 30.0. The van der Waals surface area contributed by atoms with Gasteiger partial charge < -0.3 is 19.7 Å². The number of anilines is 2. The fourth-order valence-corrected chi connectivity index (χ4v) is 5.18. The highest BCUT2D eigenvalue weighted by Crippen LogP contribution is 2.30. The van der Waals surface area contributed by atoms with Crippen molar-refractivity contribution >= 4 is 63.7 Å². The van der Waals surface area contributed by atoms with E-state index >= 15 is 0 Å². The van der Waals surface area contributed by atoms with Gasteiger partial charge in [-0.05, 0) is 91.3 Å². The lowest BCUT2D eigenvalue weighted by Crippen LogP contribution is -2.39. The number of hydrogen-bond donors (Lipinski definition) is 1. The molecule has 3 aromatic carbocycles. The van der Waals surface area contributed by atoms with Crippen molar-refractivity contribution in [3.05, 3.63) is 82.3 Å². The Labute approximate surface area is 243 Å². The predicted octanol–water partition coefficient (Wildman–Crippen LogP) is 6.36. The Morgan fingerprint density at radius 3 is 2.36 bits per heavy atom. The molecular weight excluding hydrogens is 557 g/mol. The van der Waals surface area contributed by atoms with Crippen LogP contribution in [0.5, 0.6) is 11.5 Å². The lowest BCUT2D eigenvalue weighted by molar-refractivity contribution is -0.124. The zero-order chi connectivity index (χ0) is 27.9. The number of carbonyl (C=O) groups is 2. The van der Waals surface area contributed by atoms with Crippen LogP contribution >= 0.6 is 35.4 Å². The number of halogens is 2. The maximum Gasteiger partial charge on any atom is 0.256 e. The molecule has 0 aromatic heterocycles. The van der Waals surface area contributed by atoms with Crippen molar-refractivity contribution in [2.24, 2.45) is 0 Å². The number of amides is 2. The van der Waals surface area contributed by atoms with E-state index in [1.54, 1.807) is 72.7 Å². The molecule has 1 aliphatic heterocycles. The van der Waals surface area contributed by atoms with Gasteiger partial charge in [-0.15, -0.1) is 0 Å². The second-order valence-electron chi connectivity index (χ2n) is 8.97. The fraction of sp³-hybridized carbons (Fsp3) is 0.276. The number of ether oxygens (including phenoxy) is 2. The normalized spacial score (nSPS) is 15.0. The number of hydrogen-bond acceptors (Lipinski definition) is 5. The van der Waals surface area contributed by atoms with Crippen molar-refractivity contribution in [1.82, 2.24) is 4.90 Å². The second-order valence-corrected chi connectivity index (χ2v) is 10.2. The van der Waals surface area contributed by atoms with Crippen LogP contribution in [0, 0.1) is 0 Å². The number of methoxy groups -OCH3 is 1. The molecule has 10 heteroatoms. The Balaban J connectivity index is 1.52. The van der Waals surface area contributed by atoms with E-state index in [-0.39, 0.29) is 18.2 Å². The number of carbonyl (C=O) groups excluding carboxylic acids is 2. The zero-order valence-corrected chi connectivity index (χ0v) is 24.0. The van der Waals surface area contributed by atoms with Crippen LogP contribution in [0.15, 0.2) is 66.7 Å². The van der Waals surface area contributed by atoms with Crippen molar-refractivity contribution in [2.75, 3.05) is 30.5 Å². The van der Waals surface area contributed by atoms with E-state index in [0.717, 1.165) is 17.7 Å². The molecule has 0 unspecified atom stereocenters. The van der Waals surface area contributed by atoms with E-state index in [4.69, 9.17) is 44.9 Å². The molecule has 2 amide bonds. The molecule has 7 nitrogen and oxygen atoms in total. The Kier molecular flexibility index (Phi) is 9.67. The summed E-state index contributed by atoms with van der Waals surface area (Å²) in [6, 6.07) is 18.7. The van der Waals surface area contributed by atoms with E-state index in [1.165, 1.54) is 4.90 Å². The molecule has 4 rings (SSSR count). The number of thiocarbonyl (C=S) groups is 1. The molecule has 204 valence electrons. The Morgan fingerprint density at radius 1 is 1.03 bits per heavy atom. The predicted molar refractivity (Wildman–Crippen MR) is 159 cm³/mol. The van der Waals surface area contributed by atoms with Gasteiger partial charge in [-0.1, -0.05) is 36.2 Å². The zero-order valence-electron chi connectivity index (χ0n) is 21.7. The fourth-order valence-electron chi connectivity index (χ4n) is 4.26. The van der Waals surface area contributed by atoms with E-state index in [9.17, 15) is 9.59 Å². The van der Waals surface area contributed by atoms with Crippen LogP contribution in [-0.2, 0) is 16.0 Å². The van der Waals surface area contributed by atoms with Crippen LogP contribution in [0.25, 0.3) is 0 Å². The molecule has 1 aliphatic rings. The van der Waals surface area contributed by atoms with Crippen LogP contribution in [0.4, 0.5) is 11.4 Å². The third kappa shape index (κ3) is 7.01. The van der Waals surface area contributed by atoms with Crippen LogP contribution in [-0.4, -0.2) is 48.1 Å². The summed E-state index contributed by atoms with van der Waals surface area (Å²) in [5, 5.41) is 4.28. The Morgan fingerprint density at radius 2 is 1.72 bits per heavy atom. The van der Waals surface area contributed by atoms with E-state index in [0.29, 0.717) is 51.9 Å². The monoisotopic (exact) mass is 585 g/mol. The van der Waals surface area contributed by atoms with Crippen molar-refractivity contribution in [2.45, 2.75) is 32.2 Å². The Hall–Kier alpha value is -3.33. The summed E-state index contributed by atoms with van der Waals surface area (Å²) >= 11 is 18.2. The highest BCUT2D eigenvalue weighted by atomic mass is 35.5. The molecule has 1 saturated heterocycles. The van der Waals surface area contributed by atoms with Crippen molar-refractivity contribution in [1.29, 1.82) is 0 Å². The van der Waals surface area contributed by atoms with Crippen molar-refractivity contribution in [3.63, 3.8) is 0 Å². The number of nitrogens with one attached hydrogen (secondary N) is 1. The molecule has 0 bridgehead atoms. The van der Waals surface area contributed by atoms with Gasteiger partial charge in [-0.25, -0.2) is 0 Å². The number of benzene rings is 3. The van der Waals surface area contributed by atoms with Crippen LogP contribution in [0.1, 0.15) is 25.3 Å². The smallest absolute Gasteiger partial charge is 0.256 e. The number of nitrogens with zero attached hydrogens (tertiary/aromatic N) is 2. The molecule has 1 fully saturated rings. The van der Waals surface area contributed by atoms with Crippen LogP contribution < -0.4 is 19.7 Å². The molecule has 0 radical (unpaired) electrons. The SMILES string of the molecule is CCCOc1ccc(NC(=O)C[C@H]2C(=O)N(c3ccc(OC)cc3)C(=S)N2CCc2ccc(Cl)cc2Cl)cc1. The summed E-state index contributed by atoms with van der Waals surface area (Å²) in [6.45, 7) is 3.05. The molecule has 3 aromatic rings. The summed E-state index contributed by atoms with van der Waals surface area (Å²) < 4.78 is 10.8. The molecule has 1 atom stereocenters. The number of rotatable bonds is 11. The standard InChI is InChI=1S/C29H29Cl2N3O4S/c1-3-16-38-24-10-6-21(7-11-24)32-27(35)18-26-28(36)34(22-8-12-23(37-2)13-9-22)29(39)33(26)15-14-19-4-5-20(30)17-25(19)31/h4-13,17,26H,3,14-16,18H2,1-2H3,(H,32,35)/t26-/m0/s1. The molecular formula is C29H29Cl2N3O4S. The van der Waals surface area contributed by atoms with Gasteiger partial charge >= 0.3 is 0 Å². The third-order valence-electron chi connectivity index (χ3n) is 6.28. The summed E-state index contributed by atoms with van der Waals surface area (Å²) in [7, 11) is 1.57. The second kappa shape index (κ2) is 13.2. The summed E-state index contributed by atoms with van der Waals surface area (Å²) in [5.41, 5.74) is 2.09. The lowest BCUT2D eigenvalue weighted by Gasteiger charge is -2.24. The van der Waals surface area contributed by atoms with Gasteiger partial charge in [0.05, 0.1) is 25.8 Å². The first kappa shape index (κ1) is 28.7. The summed E-state index contributed by atoms with van der Waals surface area (Å²) in [5.74, 6) is 0.816. The van der Waals surface area contributed by atoms with Gasteiger partial charge in [-0.3, -0.25) is 14.5 Å². The molecule has 39 heavy (non-hydrogen) atoms. The molecule has 0 saturated carbocycles. The Bertz CT molecular complexity index is 1340. The molecule has 0 spiro atoms. The average Bonchev–Trinajstić information content (AvgIpc) is 3.16. The third-order valence-corrected chi connectivity index (χ3v) is 7.28.